The molecule has 2 rings (SSSR count). The molecule has 18 heavy (non-hydrogen) atoms. The first-order valence-corrected chi connectivity index (χ1v) is 7.07. The Bertz CT molecular complexity index is 411. The van der Waals surface area contributed by atoms with Crippen molar-refractivity contribution in [3.05, 3.63) is 16.1 Å². The lowest BCUT2D eigenvalue weighted by molar-refractivity contribution is 0.0525. The number of carbonyl (C=O) groups is 1. The van der Waals surface area contributed by atoms with Gasteiger partial charge in [0.1, 0.15) is 0 Å². The summed E-state index contributed by atoms with van der Waals surface area (Å²) in [4.78, 5) is 18.1. The fourth-order valence-electron chi connectivity index (χ4n) is 2.12. The van der Waals surface area contributed by atoms with Crippen molar-refractivity contribution in [1.29, 1.82) is 0 Å². The van der Waals surface area contributed by atoms with Crippen molar-refractivity contribution in [2.45, 2.75) is 26.4 Å². The fraction of sp³-hybridized carbons (Fsp3) is 0.667. The van der Waals surface area contributed by atoms with Gasteiger partial charge in [-0.15, -0.1) is 11.3 Å². The molecule has 1 aromatic rings. The molecule has 0 radical (unpaired) electrons. The van der Waals surface area contributed by atoms with E-state index in [1.807, 2.05) is 5.38 Å². The highest BCUT2D eigenvalue weighted by Gasteiger charge is 2.27. The second-order valence-electron chi connectivity index (χ2n) is 4.70. The molecule has 0 spiro atoms. The third-order valence-electron chi connectivity index (χ3n) is 3.13. The van der Waals surface area contributed by atoms with Crippen LogP contribution in [0.25, 0.3) is 0 Å². The standard InChI is InChI=1S/C12H19N3O2S/c1-3-17-12(16)11-14-9(7-18-11)5-15-4-8(2)10(13)6-15/h7-8,10H,3-6,13H2,1-2H3. The summed E-state index contributed by atoms with van der Waals surface area (Å²) >= 11 is 1.34. The van der Waals surface area contributed by atoms with Gasteiger partial charge in [-0.25, -0.2) is 9.78 Å². The smallest absolute Gasteiger partial charge is 0.367 e. The van der Waals surface area contributed by atoms with Gasteiger partial charge in [-0.2, -0.15) is 0 Å². The molecule has 0 aliphatic carbocycles. The lowest BCUT2D eigenvalue weighted by atomic mass is 10.1. The Morgan fingerprint density at radius 1 is 1.67 bits per heavy atom. The van der Waals surface area contributed by atoms with Gasteiger partial charge in [0.2, 0.25) is 5.01 Å². The average molecular weight is 269 g/mol. The number of carbonyl (C=O) groups excluding carboxylic acids is 1. The highest BCUT2D eigenvalue weighted by atomic mass is 32.1. The molecule has 0 aromatic carbocycles. The van der Waals surface area contributed by atoms with Crippen LogP contribution in [0.15, 0.2) is 5.38 Å². The van der Waals surface area contributed by atoms with Gasteiger partial charge < -0.3 is 10.5 Å². The quantitative estimate of drug-likeness (QED) is 0.829. The highest BCUT2D eigenvalue weighted by molar-refractivity contribution is 7.11. The molecule has 100 valence electrons. The molecule has 2 N–H and O–H groups in total. The molecule has 2 unspecified atom stereocenters. The topological polar surface area (TPSA) is 68.5 Å². The van der Waals surface area contributed by atoms with E-state index in [2.05, 4.69) is 16.8 Å². The summed E-state index contributed by atoms with van der Waals surface area (Å²) in [5.74, 6) is 0.188. The van der Waals surface area contributed by atoms with Crippen LogP contribution in [0.2, 0.25) is 0 Å². The van der Waals surface area contributed by atoms with Crippen molar-refractivity contribution in [3.8, 4) is 0 Å². The van der Waals surface area contributed by atoms with Crippen LogP contribution in [0.3, 0.4) is 0 Å². The van der Waals surface area contributed by atoms with Gasteiger partial charge in [0, 0.05) is 31.1 Å². The van der Waals surface area contributed by atoms with E-state index in [0.717, 1.165) is 25.3 Å². The van der Waals surface area contributed by atoms with E-state index >= 15 is 0 Å². The summed E-state index contributed by atoms with van der Waals surface area (Å²) in [7, 11) is 0. The molecule has 0 saturated carbocycles. The number of likely N-dealkylation sites (tertiary alicyclic amines) is 1. The van der Waals surface area contributed by atoms with E-state index in [1.54, 1.807) is 6.92 Å². The normalized spacial score (nSPS) is 24.4. The maximum Gasteiger partial charge on any atom is 0.367 e. The Hall–Kier alpha value is -0.980. The minimum Gasteiger partial charge on any atom is -0.461 e. The van der Waals surface area contributed by atoms with Crippen LogP contribution in [-0.4, -0.2) is 41.6 Å². The Labute approximate surface area is 111 Å². The monoisotopic (exact) mass is 269 g/mol. The molecule has 1 aliphatic rings. The van der Waals surface area contributed by atoms with Gasteiger partial charge in [0.15, 0.2) is 0 Å². The minimum absolute atomic E-state index is 0.244. The summed E-state index contributed by atoms with van der Waals surface area (Å²) < 4.78 is 4.92. The predicted octanol–water partition coefficient (Wildman–Crippen LogP) is 1.10. The van der Waals surface area contributed by atoms with Crippen LogP contribution in [-0.2, 0) is 11.3 Å². The van der Waals surface area contributed by atoms with E-state index in [-0.39, 0.29) is 12.0 Å². The van der Waals surface area contributed by atoms with Gasteiger partial charge in [-0.3, -0.25) is 4.90 Å². The molecule has 2 atom stereocenters. The van der Waals surface area contributed by atoms with Crippen molar-refractivity contribution >= 4 is 17.3 Å². The summed E-state index contributed by atoms with van der Waals surface area (Å²) in [6.45, 7) is 6.98. The van der Waals surface area contributed by atoms with Crippen LogP contribution < -0.4 is 5.73 Å². The van der Waals surface area contributed by atoms with Gasteiger partial charge >= 0.3 is 5.97 Å². The number of hydrogen-bond acceptors (Lipinski definition) is 6. The molecule has 5 nitrogen and oxygen atoms in total. The number of rotatable bonds is 4. The van der Waals surface area contributed by atoms with Crippen molar-refractivity contribution in [3.63, 3.8) is 0 Å². The van der Waals surface area contributed by atoms with Crippen LogP contribution >= 0.6 is 11.3 Å². The highest BCUT2D eigenvalue weighted by Crippen LogP contribution is 2.19. The lowest BCUT2D eigenvalue weighted by Gasteiger charge is -2.12. The van der Waals surface area contributed by atoms with E-state index in [0.29, 0.717) is 17.5 Å². The lowest BCUT2D eigenvalue weighted by Crippen LogP contribution is -2.28. The summed E-state index contributed by atoms with van der Waals surface area (Å²) in [6, 6.07) is 0.244. The van der Waals surface area contributed by atoms with E-state index in [1.165, 1.54) is 11.3 Å². The van der Waals surface area contributed by atoms with Crippen molar-refractivity contribution in [2.24, 2.45) is 11.7 Å². The number of hydrogen-bond donors (Lipinski definition) is 1. The second-order valence-corrected chi connectivity index (χ2v) is 5.56. The maximum atomic E-state index is 11.5. The number of esters is 1. The molecule has 6 heteroatoms. The van der Waals surface area contributed by atoms with E-state index < -0.39 is 0 Å². The van der Waals surface area contributed by atoms with Gasteiger partial charge in [0.25, 0.3) is 0 Å². The number of nitrogens with two attached hydrogens (primary N) is 1. The van der Waals surface area contributed by atoms with Crippen molar-refractivity contribution in [2.75, 3.05) is 19.7 Å². The third-order valence-corrected chi connectivity index (χ3v) is 4.00. The largest absolute Gasteiger partial charge is 0.461 e. The van der Waals surface area contributed by atoms with E-state index in [9.17, 15) is 4.79 Å². The Morgan fingerprint density at radius 2 is 2.44 bits per heavy atom. The van der Waals surface area contributed by atoms with Crippen molar-refractivity contribution in [1.82, 2.24) is 9.88 Å². The average Bonchev–Trinajstić information content (AvgIpc) is 2.88. The molecule has 1 saturated heterocycles. The SMILES string of the molecule is CCOC(=O)c1nc(CN2CC(C)C(N)C2)cs1. The zero-order chi connectivity index (χ0) is 13.1. The zero-order valence-corrected chi connectivity index (χ0v) is 11.6. The van der Waals surface area contributed by atoms with Crippen LogP contribution in [0.5, 0.6) is 0 Å². The van der Waals surface area contributed by atoms with Crippen LogP contribution in [0.4, 0.5) is 0 Å². The Morgan fingerprint density at radius 3 is 3.06 bits per heavy atom. The first-order chi connectivity index (χ1) is 8.60. The fourth-order valence-corrected chi connectivity index (χ4v) is 2.82. The number of thiazole rings is 1. The van der Waals surface area contributed by atoms with Gasteiger partial charge in [-0.05, 0) is 12.8 Å². The molecule has 1 fully saturated rings. The summed E-state index contributed by atoms with van der Waals surface area (Å²) in [5.41, 5.74) is 6.90. The first kappa shape index (κ1) is 13.5. The number of aromatic nitrogens is 1. The molecule has 2 heterocycles. The third kappa shape index (κ3) is 3.07. The molecule has 1 aromatic heterocycles. The predicted molar refractivity (Wildman–Crippen MR) is 70.5 cm³/mol. The van der Waals surface area contributed by atoms with Crippen molar-refractivity contribution < 1.29 is 9.53 Å². The summed E-state index contributed by atoms with van der Waals surface area (Å²) in [6.07, 6.45) is 0. The Kier molecular flexibility index (Phi) is 4.31. The second kappa shape index (κ2) is 5.77. The molecule has 0 bridgehead atoms. The van der Waals surface area contributed by atoms with E-state index in [4.69, 9.17) is 10.5 Å². The Balaban J connectivity index is 1.93. The maximum absolute atomic E-state index is 11.5. The first-order valence-electron chi connectivity index (χ1n) is 6.19. The molecule has 1 aliphatic heterocycles. The molecule has 0 amide bonds. The van der Waals surface area contributed by atoms with Crippen LogP contribution in [0.1, 0.15) is 29.3 Å². The summed E-state index contributed by atoms with van der Waals surface area (Å²) in [5, 5.41) is 2.35. The number of nitrogens with zero attached hydrogens (tertiary/aromatic N) is 2. The van der Waals surface area contributed by atoms with Gasteiger partial charge in [0.05, 0.1) is 12.3 Å². The zero-order valence-electron chi connectivity index (χ0n) is 10.8. The number of ether oxygens (including phenoxy) is 1. The minimum atomic E-state index is -0.333. The molecular formula is C12H19N3O2S. The van der Waals surface area contributed by atoms with Crippen LogP contribution in [0, 0.1) is 5.92 Å². The van der Waals surface area contributed by atoms with Gasteiger partial charge in [-0.1, -0.05) is 6.92 Å². The molecular weight excluding hydrogens is 250 g/mol.